The van der Waals surface area contributed by atoms with Crippen LogP contribution in [0.4, 0.5) is 0 Å². The van der Waals surface area contributed by atoms with Gasteiger partial charge in [-0.15, -0.1) is 0 Å². The lowest BCUT2D eigenvalue weighted by atomic mass is 10.1. The van der Waals surface area contributed by atoms with Crippen molar-refractivity contribution < 1.29 is 13.8 Å². The van der Waals surface area contributed by atoms with Crippen LogP contribution in [-0.4, -0.2) is 57.2 Å². The van der Waals surface area contributed by atoms with Crippen molar-refractivity contribution in [2.75, 3.05) is 26.2 Å². The Hall–Kier alpha value is -2.22. The molecule has 124 valence electrons. The van der Waals surface area contributed by atoms with E-state index < -0.39 is 0 Å². The number of carbonyl (C=O) groups excluding carboxylic acids is 1. The van der Waals surface area contributed by atoms with E-state index >= 15 is 0 Å². The molecule has 2 aromatic heterocycles. The number of aromatic nitrogens is 3. The van der Waals surface area contributed by atoms with Crippen LogP contribution in [0.25, 0.3) is 0 Å². The second kappa shape index (κ2) is 6.49. The van der Waals surface area contributed by atoms with E-state index in [4.69, 9.17) is 9.05 Å². The Labute approximate surface area is 134 Å². The quantitative estimate of drug-likeness (QED) is 0.843. The first-order valence-corrected chi connectivity index (χ1v) is 7.78. The van der Waals surface area contributed by atoms with E-state index in [1.807, 2.05) is 4.90 Å². The zero-order chi connectivity index (χ0) is 16.4. The Morgan fingerprint density at radius 1 is 1.09 bits per heavy atom. The summed E-state index contributed by atoms with van der Waals surface area (Å²) in [6, 6.07) is 0. The summed E-state index contributed by atoms with van der Waals surface area (Å²) in [5, 5.41) is 7.80. The van der Waals surface area contributed by atoms with E-state index in [1.54, 1.807) is 20.8 Å². The monoisotopic (exact) mass is 319 g/mol. The zero-order valence-electron chi connectivity index (χ0n) is 13.7. The van der Waals surface area contributed by atoms with Gasteiger partial charge < -0.3 is 13.9 Å². The molecule has 1 amide bonds. The Kier molecular flexibility index (Phi) is 4.42. The molecule has 0 spiro atoms. The molecule has 1 saturated heterocycles. The molecule has 1 aliphatic heterocycles. The minimum Gasteiger partial charge on any atom is -0.361 e. The van der Waals surface area contributed by atoms with Gasteiger partial charge in [0, 0.05) is 33.1 Å². The van der Waals surface area contributed by atoms with Crippen LogP contribution in [-0.2, 0) is 6.54 Å². The van der Waals surface area contributed by atoms with Gasteiger partial charge >= 0.3 is 0 Å². The summed E-state index contributed by atoms with van der Waals surface area (Å²) in [6.07, 6.45) is 0.909. The minimum absolute atomic E-state index is 0.00138. The van der Waals surface area contributed by atoms with Crippen molar-refractivity contribution in [1.82, 2.24) is 25.1 Å². The van der Waals surface area contributed by atoms with Crippen molar-refractivity contribution in [2.45, 2.75) is 33.7 Å². The van der Waals surface area contributed by atoms with Gasteiger partial charge in [-0.2, -0.15) is 4.98 Å². The van der Waals surface area contributed by atoms with E-state index in [9.17, 15) is 4.79 Å². The van der Waals surface area contributed by atoms with Gasteiger partial charge in [-0.25, -0.2) is 0 Å². The van der Waals surface area contributed by atoms with Crippen molar-refractivity contribution in [2.24, 2.45) is 0 Å². The first-order chi connectivity index (χ1) is 11.0. The fourth-order valence-electron chi connectivity index (χ4n) is 2.88. The first kappa shape index (κ1) is 15.7. The third-order valence-electron chi connectivity index (χ3n) is 4.06. The molecule has 8 heteroatoms. The van der Waals surface area contributed by atoms with E-state index in [1.165, 1.54) is 0 Å². The first-order valence-electron chi connectivity index (χ1n) is 7.78. The van der Waals surface area contributed by atoms with Crippen LogP contribution in [0.5, 0.6) is 0 Å². The maximum atomic E-state index is 12.7. The topological polar surface area (TPSA) is 88.5 Å². The van der Waals surface area contributed by atoms with E-state index in [2.05, 4.69) is 20.2 Å². The van der Waals surface area contributed by atoms with E-state index in [0.29, 0.717) is 41.8 Å². The van der Waals surface area contributed by atoms with E-state index in [0.717, 1.165) is 26.1 Å². The number of nitrogens with zero attached hydrogens (tertiary/aromatic N) is 5. The van der Waals surface area contributed by atoms with Crippen LogP contribution >= 0.6 is 0 Å². The normalized spacial score (nSPS) is 16.6. The highest BCUT2D eigenvalue weighted by Crippen LogP contribution is 2.17. The summed E-state index contributed by atoms with van der Waals surface area (Å²) in [7, 11) is 0. The Balaban J connectivity index is 1.63. The average Bonchev–Trinajstić information content (AvgIpc) is 2.97. The average molecular weight is 319 g/mol. The largest absolute Gasteiger partial charge is 0.361 e. The van der Waals surface area contributed by atoms with Crippen LogP contribution in [0.1, 0.15) is 39.9 Å². The minimum atomic E-state index is -0.00138. The molecule has 0 radical (unpaired) electrons. The number of amides is 1. The van der Waals surface area contributed by atoms with Gasteiger partial charge in [-0.05, 0) is 20.3 Å². The van der Waals surface area contributed by atoms with E-state index in [-0.39, 0.29) is 5.91 Å². The summed E-state index contributed by atoms with van der Waals surface area (Å²) >= 11 is 0. The third-order valence-corrected chi connectivity index (χ3v) is 4.06. The van der Waals surface area contributed by atoms with Crippen LogP contribution in [0.3, 0.4) is 0 Å². The lowest BCUT2D eigenvalue weighted by molar-refractivity contribution is 0.0758. The van der Waals surface area contributed by atoms with Crippen molar-refractivity contribution in [3.8, 4) is 0 Å². The fourth-order valence-corrected chi connectivity index (χ4v) is 2.88. The van der Waals surface area contributed by atoms with Crippen molar-refractivity contribution in [3.05, 3.63) is 28.7 Å². The Bertz CT molecular complexity index is 674. The van der Waals surface area contributed by atoms with Crippen molar-refractivity contribution in [3.63, 3.8) is 0 Å². The second-order valence-electron chi connectivity index (χ2n) is 5.85. The SMILES string of the molecule is Cc1nc(CN2CCCN(C(=O)c3c(C)noc3C)CC2)no1. The van der Waals surface area contributed by atoms with Crippen molar-refractivity contribution in [1.29, 1.82) is 0 Å². The molecular weight excluding hydrogens is 298 g/mol. The zero-order valence-corrected chi connectivity index (χ0v) is 13.7. The number of hydrogen-bond donors (Lipinski definition) is 0. The molecule has 0 unspecified atom stereocenters. The molecule has 1 aliphatic rings. The molecule has 0 aliphatic carbocycles. The summed E-state index contributed by atoms with van der Waals surface area (Å²) < 4.78 is 10.1. The lowest BCUT2D eigenvalue weighted by Gasteiger charge is -2.21. The molecule has 23 heavy (non-hydrogen) atoms. The van der Waals surface area contributed by atoms with Gasteiger partial charge in [0.2, 0.25) is 5.89 Å². The summed E-state index contributed by atoms with van der Waals surface area (Å²) in [5.74, 6) is 1.84. The molecular formula is C15H21N5O3. The van der Waals surface area contributed by atoms with Crippen LogP contribution in [0, 0.1) is 20.8 Å². The van der Waals surface area contributed by atoms with Gasteiger partial charge in [0.15, 0.2) is 5.82 Å². The molecule has 0 bridgehead atoms. The second-order valence-corrected chi connectivity index (χ2v) is 5.85. The smallest absolute Gasteiger partial charge is 0.259 e. The van der Waals surface area contributed by atoms with Gasteiger partial charge in [0.05, 0.1) is 12.2 Å². The molecule has 0 aromatic carbocycles. The molecule has 1 fully saturated rings. The predicted octanol–water partition coefficient (Wildman–Crippen LogP) is 1.33. The predicted molar refractivity (Wildman–Crippen MR) is 80.8 cm³/mol. The summed E-state index contributed by atoms with van der Waals surface area (Å²) in [4.78, 5) is 21.0. The molecule has 0 atom stereocenters. The fraction of sp³-hybridized carbons (Fsp3) is 0.600. The maximum absolute atomic E-state index is 12.7. The highest BCUT2D eigenvalue weighted by Gasteiger charge is 2.25. The summed E-state index contributed by atoms with van der Waals surface area (Å²) in [6.45, 7) is 9.07. The Morgan fingerprint density at radius 3 is 2.57 bits per heavy atom. The highest BCUT2D eigenvalue weighted by molar-refractivity contribution is 5.96. The number of aryl methyl sites for hydroxylation is 3. The third kappa shape index (κ3) is 3.42. The molecule has 0 N–H and O–H groups in total. The molecule has 8 nitrogen and oxygen atoms in total. The van der Waals surface area contributed by atoms with Gasteiger partial charge in [0.25, 0.3) is 5.91 Å². The molecule has 3 rings (SSSR count). The van der Waals surface area contributed by atoms with Gasteiger partial charge in [-0.1, -0.05) is 10.3 Å². The number of carbonyl (C=O) groups is 1. The standard InChI is InChI=1S/C15H21N5O3/c1-10-14(11(2)22-17-10)15(21)20-6-4-5-19(7-8-20)9-13-16-12(3)23-18-13/h4-9H2,1-3H3. The Morgan fingerprint density at radius 2 is 1.91 bits per heavy atom. The van der Waals surface area contributed by atoms with Gasteiger partial charge in [-0.3, -0.25) is 9.69 Å². The lowest BCUT2D eigenvalue weighted by Crippen LogP contribution is -2.35. The summed E-state index contributed by atoms with van der Waals surface area (Å²) in [5.41, 5.74) is 1.24. The van der Waals surface area contributed by atoms with Crippen molar-refractivity contribution >= 4 is 5.91 Å². The molecule has 3 heterocycles. The number of rotatable bonds is 3. The molecule has 0 saturated carbocycles. The van der Waals surface area contributed by atoms with Crippen LogP contribution in [0.15, 0.2) is 9.05 Å². The van der Waals surface area contributed by atoms with Gasteiger partial charge in [0.1, 0.15) is 11.3 Å². The van der Waals surface area contributed by atoms with Crippen LogP contribution in [0.2, 0.25) is 0 Å². The van der Waals surface area contributed by atoms with Crippen LogP contribution < -0.4 is 0 Å². The number of hydrogen-bond acceptors (Lipinski definition) is 7. The maximum Gasteiger partial charge on any atom is 0.259 e. The molecule has 2 aromatic rings. The highest BCUT2D eigenvalue weighted by atomic mass is 16.5.